The average Bonchev–Trinajstić information content (AvgIpc) is 2.96. The van der Waals surface area contributed by atoms with E-state index in [9.17, 15) is 13.2 Å². The molecule has 1 nitrogen and oxygen atoms in total. The number of halogens is 3. The lowest BCUT2D eigenvalue weighted by Crippen LogP contribution is -2.05. The van der Waals surface area contributed by atoms with E-state index in [1.165, 1.54) is 6.07 Å². The summed E-state index contributed by atoms with van der Waals surface area (Å²) < 4.78 is 38.2. The molecule has 0 spiro atoms. The van der Waals surface area contributed by atoms with E-state index in [4.69, 9.17) is 0 Å². The summed E-state index contributed by atoms with van der Waals surface area (Å²) in [7, 11) is 0. The van der Waals surface area contributed by atoms with Crippen molar-refractivity contribution in [3.8, 4) is 0 Å². The van der Waals surface area contributed by atoms with Crippen molar-refractivity contribution in [2.75, 3.05) is 0 Å². The molecule has 2 aromatic rings. The number of aromatic amines is 1. The highest BCUT2D eigenvalue weighted by atomic mass is 19.4. The van der Waals surface area contributed by atoms with E-state index in [0.717, 1.165) is 29.9 Å². The van der Waals surface area contributed by atoms with Crippen LogP contribution in [0.2, 0.25) is 0 Å². The van der Waals surface area contributed by atoms with Gasteiger partial charge in [0, 0.05) is 11.6 Å². The number of benzene rings is 1. The third-order valence-electron chi connectivity index (χ3n) is 3.07. The van der Waals surface area contributed by atoms with Gasteiger partial charge < -0.3 is 4.98 Å². The molecule has 0 radical (unpaired) electrons. The van der Waals surface area contributed by atoms with Crippen LogP contribution in [0.1, 0.15) is 29.9 Å². The summed E-state index contributed by atoms with van der Waals surface area (Å²) in [5.74, 6) is 0.456. The first-order valence-corrected chi connectivity index (χ1v) is 5.24. The van der Waals surface area contributed by atoms with E-state index < -0.39 is 11.7 Å². The fourth-order valence-corrected chi connectivity index (χ4v) is 2.14. The number of hydrogen-bond acceptors (Lipinski definition) is 0. The molecule has 1 heterocycles. The lowest BCUT2D eigenvalue weighted by Gasteiger charge is -2.07. The van der Waals surface area contributed by atoms with Crippen LogP contribution in [0.3, 0.4) is 0 Å². The molecular formula is C12H10F3N. The number of para-hydroxylation sites is 1. The monoisotopic (exact) mass is 225 g/mol. The quantitative estimate of drug-likeness (QED) is 0.753. The topological polar surface area (TPSA) is 15.8 Å². The summed E-state index contributed by atoms with van der Waals surface area (Å²) in [5.41, 5.74) is 0.676. The zero-order valence-corrected chi connectivity index (χ0v) is 8.43. The van der Waals surface area contributed by atoms with Crippen molar-refractivity contribution in [2.45, 2.75) is 24.9 Å². The van der Waals surface area contributed by atoms with Crippen molar-refractivity contribution < 1.29 is 13.2 Å². The van der Waals surface area contributed by atoms with E-state index >= 15 is 0 Å². The van der Waals surface area contributed by atoms with Crippen LogP contribution in [0.4, 0.5) is 13.2 Å². The number of alkyl halides is 3. The van der Waals surface area contributed by atoms with Crippen LogP contribution in [0.15, 0.2) is 24.4 Å². The third kappa shape index (κ3) is 1.40. The summed E-state index contributed by atoms with van der Waals surface area (Å²) in [6.07, 6.45) is -0.394. The van der Waals surface area contributed by atoms with E-state index in [2.05, 4.69) is 4.98 Å². The smallest absolute Gasteiger partial charge is 0.360 e. The van der Waals surface area contributed by atoms with Gasteiger partial charge in [-0.15, -0.1) is 0 Å². The molecule has 0 unspecified atom stereocenters. The highest BCUT2D eigenvalue weighted by Crippen LogP contribution is 2.44. The highest BCUT2D eigenvalue weighted by molar-refractivity contribution is 5.87. The zero-order chi connectivity index (χ0) is 11.3. The van der Waals surface area contributed by atoms with Crippen molar-refractivity contribution in [1.82, 2.24) is 4.98 Å². The van der Waals surface area contributed by atoms with Gasteiger partial charge in [-0.2, -0.15) is 13.2 Å². The molecule has 0 aliphatic heterocycles. The predicted octanol–water partition coefficient (Wildman–Crippen LogP) is 4.06. The molecule has 16 heavy (non-hydrogen) atoms. The Morgan fingerprint density at radius 1 is 1.19 bits per heavy atom. The summed E-state index contributed by atoms with van der Waals surface area (Å²) in [4.78, 5) is 2.76. The molecule has 0 amide bonds. The molecule has 1 aliphatic carbocycles. The maximum Gasteiger partial charge on any atom is 0.418 e. The Kier molecular flexibility index (Phi) is 1.85. The molecule has 1 N–H and O–H groups in total. The third-order valence-corrected chi connectivity index (χ3v) is 3.07. The van der Waals surface area contributed by atoms with Gasteiger partial charge in [-0.1, -0.05) is 12.1 Å². The molecule has 1 aromatic carbocycles. The second kappa shape index (κ2) is 3.03. The predicted molar refractivity (Wildman–Crippen MR) is 55.3 cm³/mol. The molecule has 1 aromatic heterocycles. The second-order valence-corrected chi connectivity index (χ2v) is 4.24. The minimum atomic E-state index is -4.29. The Morgan fingerprint density at radius 3 is 2.56 bits per heavy atom. The Labute approximate surface area is 90.3 Å². The van der Waals surface area contributed by atoms with Crippen molar-refractivity contribution in [3.05, 3.63) is 35.5 Å². The van der Waals surface area contributed by atoms with Gasteiger partial charge in [0.1, 0.15) is 0 Å². The molecule has 1 saturated carbocycles. The Balaban J connectivity index is 2.24. The largest absolute Gasteiger partial charge is 0.418 e. The fourth-order valence-electron chi connectivity index (χ4n) is 2.14. The maximum atomic E-state index is 12.7. The van der Waals surface area contributed by atoms with Gasteiger partial charge >= 0.3 is 6.18 Å². The van der Waals surface area contributed by atoms with E-state index in [1.54, 1.807) is 12.3 Å². The average molecular weight is 225 g/mol. The number of nitrogens with one attached hydrogen (secondary N) is 1. The Bertz CT molecular complexity index is 535. The molecule has 3 rings (SSSR count). The zero-order valence-electron chi connectivity index (χ0n) is 8.43. The molecular weight excluding hydrogens is 215 g/mol. The number of aromatic nitrogens is 1. The summed E-state index contributed by atoms with van der Waals surface area (Å²) >= 11 is 0. The van der Waals surface area contributed by atoms with Gasteiger partial charge in [0.05, 0.1) is 11.1 Å². The van der Waals surface area contributed by atoms with Crippen LogP contribution >= 0.6 is 0 Å². The van der Waals surface area contributed by atoms with Gasteiger partial charge in [0.25, 0.3) is 0 Å². The Morgan fingerprint density at radius 2 is 1.94 bits per heavy atom. The van der Waals surface area contributed by atoms with Gasteiger partial charge in [0.2, 0.25) is 0 Å². The maximum absolute atomic E-state index is 12.7. The van der Waals surface area contributed by atoms with Crippen molar-refractivity contribution in [3.63, 3.8) is 0 Å². The number of rotatable bonds is 1. The minimum absolute atomic E-state index is 0.219. The fraction of sp³-hybridized carbons (Fsp3) is 0.333. The van der Waals surface area contributed by atoms with Crippen molar-refractivity contribution >= 4 is 10.9 Å². The number of H-pyrrole nitrogens is 1. The van der Waals surface area contributed by atoms with Crippen LogP contribution in [0.5, 0.6) is 0 Å². The van der Waals surface area contributed by atoms with Crippen molar-refractivity contribution in [2.24, 2.45) is 0 Å². The van der Waals surface area contributed by atoms with Gasteiger partial charge in [-0.3, -0.25) is 0 Å². The minimum Gasteiger partial charge on any atom is -0.360 e. The lowest BCUT2D eigenvalue weighted by atomic mass is 10.1. The SMILES string of the molecule is FC(F)(F)c1cccc2c(C3CC3)c[nH]c12. The van der Waals surface area contributed by atoms with Crippen molar-refractivity contribution in [1.29, 1.82) is 0 Å². The van der Waals surface area contributed by atoms with E-state index in [0.29, 0.717) is 5.92 Å². The van der Waals surface area contributed by atoms with Crippen LogP contribution in [0.25, 0.3) is 10.9 Å². The molecule has 0 bridgehead atoms. The molecule has 0 saturated heterocycles. The first kappa shape index (κ1) is 9.75. The first-order chi connectivity index (χ1) is 7.57. The second-order valence-electron chi connectivity index (χ2n) is 4.24. The summed E-state index contributed by atoms with van der Waals surface area (Å²) in [5, 5.41) is 0.720. The van der Waals surface area contributed by atoms with Crippen LogP contribution < -0.4 is 0 Å². The normalized spacial score (nSPS) is 16.9. The summed E-state index contributed by atoms with van der Waals surface area (Å²) in [6.45, 7) is 0. The number of fused-ring (bicyclic) bond motifs is 1. The molecule has 84 valence electrons. The van der Waals surface area contributed by atoms with Crippen LogP contribution in [-0.4, -0.2) is 4.98 Å². The summed E-state index contributed by atoms with van der Waals surface area (Å²) in [6, 6.07) is 4.36. The Hall–Kier alpha value is -1.45. The lowest BCUT2D eigenvalue weighted by molar-refractivity contribution is -0.136. The van der Waals surface area contributed by atoms with E-state index in [-0.39, 0.29) is 5.52 Å². The highest BCUT2D eigenvalue weighted by Gasteiger charge is 2.34. The van der Waals surface area contributed by atoms with Gasteiger partial charge in [-0.25, -0.2) is 0 Å². The van der Waals surface area contributed by atoms with E-state index in [1.807, 2.05) is 0 Å². The molecule has 1 aliphatic rings. The molecule has 0 atom stereocenters. The number of hydrogen-bond donors (Lipinski definition) is 1. The van der Waals surface area contributed by atoms with Gasteiger partial charge in [-0.05, 0) is 30.4 Å². The molecule has 4 heteroatoms. The van der Waals surface area contributed by atoms with Gasteiger partial charge in [0.15, 0.2) is 0 Å². The van der Waals surface area contributed by atoms with Crippen LogP contribution in [-0.2, 0) is 6.18 Å². The standard InChI is InChI=1S/C12H10F3N/c13-12(14,15)10-3-1-2-8-9(7-4-5-7)6-16-11(8)10/h1-3,6-7,16H,4-5H2. The molecule has 1 fully saturated rings. The first-order valence-electron chi connectivity index (χ1n) is 5.24. The van der Waals surface area contributed by atoms with Crippen LogP contribution in [0, 0.1) is 0 Å².